The fourth-order valence-electron chi connectivity index (χ4n) is 2.03. The monoisotopic (exact) mass is 274 g/mol. The Kier molecular flexibility index (Phi) is 3.61. The number of aromatic hydroxyl groups is 1. The van der Waals surface area contributed by atoms with Gasteiger partial charge in [-0.15, -0.1) is 6.58 Å². The topological polar surface area (TPSA) is 76.7 Å². The van der Waals surface area contributed by atoms with E-state index in [9.17, 15) is 14.7 Å². The van der Waals surface area contributed by atoms with E-state index in [4.69, 9.17) is 9.15 Å². The Hall–Kier alpha value is -2.56. The van der Waals surface area contributed by atoms with Gasteiger partial charge in [-0.3, -0.25) is 9.59 Å². The van der Waals surface area contributed by atoms with Gasteiger partial charge in [-0.2, -0.15) is 0 Å². The van der Waals surface area contributed by atoms with Crippen molar-refractivity contribution in [3.63, 3.8) is 0 Å². The van der Waals surface area contributed by atoms with E-state index in [1.807, 2.05) is 0 Å². The van der Waals surface area contributed by atoms with Crippen LogP contribution in [0.2, 0.25) is 0 Å². The van der Waals surface area contributed by atoms with E-state index in [-0.39, 0.29) is 34.3 Å². The fourth-order valence-corrected chi connectivity index (χ4v) is 2.03. The van der Waals surface area contributed by atoms with Crippen molar-refractivity contribution in [2.24, 2.45) is 0 Å². The molecule has 0 amide bonds. The van der Waals surface area contributed by atoms with Crippen LogP contribution >= 0.6 is 0 Å². The first-order chi connectivity index (χ1) is 9.43. The zero-order chi connectivity index (χ0) is 14.9. The molecule has 0 aliphatic carbocycles. The summed E-state index contributed by atoms with van der Waals surface area (Å²) in [5, 5.41) is 10.3. The van der Waals surface area contributed by atoms with Gasteiger partial charge in [0.2, 0.25) is 0 Å². The molecule has 2 aromatic rings. The Bertz CT molecular complexity index is 755. The van der Waals surface area contributed by atoms with E-state index < -0.39 is 5.97 Å². The molecule has 0 saturated heterocycles. The van der Waals surface area contributed by atoms with Crippen molar-refractivity contribution in [3.05, 3.63) is 46.3 Å². The van der Waals surface area contributed by atoms with Gasteiger partial charge in [0.25, 0.3) is 0 Å². The van der Waals surface area contributed by atoms with Crippen LogP contribution in [0.5, 0.6) is 11.5 Å². The number of carbonyl (C=O) groups is 1. The van der Waals surface area contributed by atoms with Crippen LogP contribution in [0.15, 0.2) is 34.0 Å². The van der Waals surface area contributed by atoms with Gasteiger partial charge in [-0.05, 0) is 13.3 Å². The highest BCUT2D eigenvalue weighted by Crippen LogP contribution is 2.35. The molecule has 20 heavy (non-hydrogen) atoms. The van der Waals surface area contributed by atoms with Crippen molar-refractivity contribution in [3.8, 4) is 11.5 Å². The summed E-state index contributed by atoms with van der Waals surface area (Å²) < 4.78 is 10.5. The molecule has 5 nitrogen and oxygen atoms in total. The number of phenols is 1. The number of phenolic OH excluding ortho intramolecular Hbond substituents is 1. The second-order valence-corrected chi connectivity index (χ2v) is 4.38. The Labute approximate surface area is 115 Å². The number of hydrogen-bond acceptors (Lipinski definition) is 5. The lowest BCUT2D eigenvalue weighted by atomic mass is 10.0. The van der Waals surface area contributed by atoms with Gasteiger partial charge in [0.1, 0.15) is 28.2 Å². The Morgan fingerprint density at radius 2 is 2.20 bits per heavy atom. The molecule has 5 heteroatoms. The van der Waals surface area contributed by atoms with Crippen LogP contribution in [-0.4, -0.2) is 11.1 Å². The van der Waals surface area contributed by atoms with Crippen LogP contribution in [0.1, 0.15) is 18.2 Å². The normalized spacial score (nSPS) is 10.5. The average Bonchev–Trinajstić information content (AvgIpc) is 2.32. The van der Waals surface area contributed by atoms with Crippen molar-refractivity contribution >= 4 is 16.9 Å². The van der Waals surface area contributed by atoms with Gasteiger partial charge in [0, 0.05) is 24.6 Å². The molecule has 104 valence electrons. The minimum Gasteiger partial charge on any atom is -0.507 e. The third-order valence-electron chi connectivity index (χ3n) is 2.78. The van der Waals surface area contributed by atoms with Crippen molar-refractivity contribution < 1.29 is 19.1 Å². The second-order valence-electron chi connectivity index (χ2n) is 4.38. The number of ether oxygens (including phenoxy) is 1. The molecule has 1 heterocycles. The van der Waals surface area contributed by atoms with Gasteiger partial charge in [-0.25, -0.2) is 0 Å². The molecule has 1 aromatic heterocycles. The lowest BCUT2D eigenvalue weighted by molar-refractivity contribution is -0.131. The van der Waals surface area contributed by atoms with E-state index >= 15 is 0 Å². The van der Waals surface area contributed by atoms with Crippen molar-refractivity contribution in [1.29, 1.82) is 0 Å². The molecule has 0 atom stereocenters. The highest BCUT2D eigenvalue weighted by atomic mass is 16.5. The minimum absolute atomic E-state index is 0.0725. The summed E-state index contributed by atoms with van der Waals surface area (Å²) in [5.74, 6) is -0.195. The quantitative estimate of drug-likeness (QED) is 0.528. The molecule has 0 saturated carbocycles. The molecule has 0 spiro atoms. The number of aryl methyl sites for hydroxylation is 1. The maximum absolute atomic E-state index is 12.0. The lowest BCUT2D eigenvalue weighted by Crippen LogP contribution is -2.07. The number of fused-ring (bicyclic) bond motifs is 1. The van der Waals surface area contributed by atoms with E-state index in [0.717, 1.165) is 0 Å². The number of benzene rings is 1. The van der Waals surface area contributed by atoms with Gasteiger partial charge in [-0.1, -0.05) is 6.08 Å². The van der Waals surface area contributed by atoms with Gasteiger partial charge >= 0.3 is 5.97 Å². The van der Waals surface area contributed by atoms with Gasteiger partial charge in [0.15, 0.2) is 5.43 Å². The molecule has 2 rings (SSSR count). The SMILES string of the molecule is C=CCc1c(OC(C)=O)cc2oc(C)cc(=O)c2c1O. The van der Waals surface area contributed by atoms with E-state index in [1.54, 1.807) is 13.0 Å². The van der Waals surface area contributed by atoms with Crippen molar-refractivity contribution in [2.45, 2.75) is 20.3 Å². The molecular weight excluding hydrogens is 260 g/mol. The molecule has 0 aliphatic rings. The maximum Gasteiger partial charge on any atom is 0.308 e. The standard InChI is InChI=1S/C15H14O5/c1-4-5-10-12(20-9(3)16)7-13-14(15(10)18)11(17)6-8(2)19-13/h4,6-7,18H,1,5H2,2-3H3. The number of hydrogen-bond donors (Lipinski definition) is 1. The van der Waals surface area contributed by atoms with Crippen molar-refractivity contribution in [2.75, 3.05) is 0 Å². The fraction of sp³-hybridized carbons (Fsp3) is 0.200. The van der Waals surface area contributed by atoms with Crippen molar-refractivity contribution in [1.82, 2.24) is 0 Å². The van der Waals surface area contributed by atoms with Crippen LogP contribution in [0.25, 0.3) is 11.0 Å². The molecule has 1 aromatic carbocycles. The third-order valence-corrected chi connectivity index (χ3v) is 2.78. The number of rotatable bonds is 3. The van der Waals surface area contributed by atoms with Gasteiger partial charge in [0.05, 0.1) is 0 Å². The number of allylic oxidation sites excluding steroid dienone is 1. The predicted molar refractivity (Wildman–Crippen MR) is 74.1 cm³/mol. The molecule has 0 unspecified atom stereocenters. The number of esters is 1. The van der Waals surface area contributed by atoms with E-state index in [2.05, 4.69) is 6.58 Å². The summed E-state index contributed by atoms with van der Waals surface area (Å²) in [6.45, 7) is 6.46. The lowest BCUT2D eigenvalue weighted by Gasteiger charge is -2.11. The highest BCUT2D eigenvalue weighted by Gasteiger charge is 2.18. The summed E-state index contributed by atoms with van der Waals surface area (Å²) in [5.41, 5.74) is 0.163. The first-order valence-corrected chi connectivity index (χ1v) is 6.02. The summed E-state index contributed by atoms with van der Waals surface area (Å²) in [6, 6.07) is 2.73. The third kappa shape index (κ3) is 2.42. The molecule has 0 fully saturated rings. The summed E-state index contributed by atoms with van der Waals surface area (Å²) in [6.07, 6.45) is 1.81. The Morgan fingerprint density at radius 1 is 1.50 bits per heavy atom. The van der Waals surface area contributed by atoms with Crippen LogP contribution in [0, 0.1) is 6.92 Å². The first kappa shape index (κ1) is 13.9. The van der Waals surface area contributed by atoms with Crippen LogP contribution in [0.4, 0.5) is 0 Å². The zero-order valence-corrected chi connectivity index (χ0v) is 11.2. The smallest absolute Gasteiger partial charge is 0.308 e. The minimum atomic E-state index is -0.524. The summed E-state index contributed by atoms with van der Waals surface area (Å²) in [4.78, 5) is 23.1. The second kappa shape index (κ2) is 5.21. The van der Waals surface area contributed by atoms with Gasteiger partial charge < -0.3 is 14.3 Å². The van der Waals surface area contributed by atoms with Crippen LogP contribution < -0.4 is 10.2 Å². The molecule has 0 radical (unpaired) electrons. The summed E-state index contributed by atoms with van der Waals surface area (Å²) >= 11 is 0. The molecular formula is C15H14O5. The average molecular weight is 274 g/mol. The predicted octanol–water partition coefficient (Wildman–Crippen LogP) is 2.46. The highest BCUT2D eigenvalue weighted by molar-refractivity contribution is 5.88. The largest absolute Gasteiger partial charge is 0.507 e. The zero-order valence-electron chi connectivity index (χ0n) is 11.2. The van der Waals surface area contributed by atoms with Crippen LogP contribution in [-0.2, 0) is 11.2 Å². The van der Waals surface area contributed by atoms with E-state index in [0.29, 0.717) is 11.3 Å². The first-order valence-electron chi connectivity index (χ1n) is 6.02. The maximum atomic E-state index is 12.0. The Morgan fingerprint density at radius 3 is 2.80 bits per heavy atom. The molecule has 1 N–H and O–H groups in total. The molecule has 0 aliphatic heterocycles. The van der Waals surface area contributed by atoms with Crippen LogP contribution in [0.3, 0.4) is 0 Å². The summed E-state index contributed by atoms with van der Waals surface area (Å²) in [7, 11) is 0. The van der Waals surface area contributed by atoms with E-state index in [1.165, 1.54) is 19.1 Å². The Balaban J connectivity index is 2.84. The number of carbonyl (C=O) groups excluding carboxylic acids is 1. The molecule has 0 bridgehead atoms.